The summed E-state index contributed by atoms with van der Waals surface area (Å²) in [6.45, 7) is 8.22. The molecule has 0 bridgehead atoms. The van der Waals surface area contributed by atoms with Gasteiger partial charge < -0.3 is 18.5 Å². The summed E-state index contributed by atoms with van der Waals surface area (Å²) in [6.07, 6.45) is 2.56. The Balaban J connectivity index is 1.86. The second-order valence-electron chi connectivity index (χ2n) is 5.63. The van der Waals surface area contributed by atoms with Gasteiger partial charge in [0, 0.05) is 23.3 Å². The van der Waals surface area contributed by atoms with Crippen molar-refractivity contribution in [2.75, 3.05) is 26.2 Å². The largest absolute Gasteiger partial charge is 0.486 e. The molecule has 0 fully saturated rings. The number of fused-ring (bicyclic) bond motifs is 2. The molecule has 0 unspecified atom stereocenters. The molecule has 0 saturated carbocycles. The van der Waals surface area contributed by atoms with Crippen LogP contribution in [0.3, 0.4) is 0 Å². The summed E-state index contributed by atoms with van der Waals surface area (Å²) in [5.74, 6) is 0.523. The van der Waals surface area contributed by atoms with Crippen LogP contribution in [0.5, 0.6) is 5.75 Å². The van der Waals surface area contributed by atoms with Crippen molar-refractivity contribution in [2.45, 2.75) is 20.3 Å². The third-order valence-electron chi connectivity index (χ3n) is 4.20. The fraction of sp³-hybridized carbons (Fsp3) is 0.389. The van der Waals surface area contributed by atoms with Gasteiger partial charge in [0.25, 0.3) is 0 Å². The van der Waals surface area contributed by atoms with E-state index in [4.69, 9.17) is 13.6 Å². The van der Waals surface area contributed by atoms with Crippen LogP contribution in [0.2, 0.25) is 0 Å². The van der Waals surface area contributed by atoms with Crippen LogP contribution in [-0.4, -0.2) is 26.2 Å². The van der Waals surface area contributed by atoms with Gasteiger partial charge in [-0.2, -0.15) is 0 Å². The number of hydrogen-bond acceptors (Lipinski definition) is 4. The van der Waals surface area contributed by atoms with Gasteiger partial charge in [-0.15, -0.1) is 0 Å². The molecule has 122 valence electrons. The van der Waals surface area contributed by atoms with Gasteiger partial charge in [0.1, 0.15) is 0 Å². The van der Waals surface area contributed by atoms with Gasteiger partial charge >= 0.3 is 5.63 Å². The van der Waals surface area contributed by atoms with Crippen LogP contribution in [0.15, 0.2) is 44.2 Å². The zero-order valence-corrected chi connectivity index (χ0v) is 13.6. The molecule has 3 aromatic rings. The number of nitrogens with one attached hydrogen (secondary N) is 1. The van der Waals surface area contributed by atoms with E-state index in [0.717, 1.165) is 36.8 Å². The molecule has 0 spiro atoms. The molecule has 0 radical (unpaired) electrons. The lowest BCUT2D eigenvalue weighted by atomic mass is 10.1. The van der Waals surface area contributed by atoms with E-state index in [1.165, 1.54) is 6.07 Å². The Morgan fingerprint density at radius 1 is 1.09 bits per heavy atom. The van der Waals surface area contributed by atoms with Gasteiger partial charge in [0.2, 0.25) is 5.75 Å². The highest BCUT2D eigenvalue weighted by Gasteiger charge is 2.15. The van der Waals surface area contributed by atoms with Crippen molar-refractivity contribution in [3.05, 3.63) is 40.9 Å². The van der Waals surface area contributed by atoms with Crippen LogP contribution in [0, 0.1) is 0 Å². The van der Waals surface area contributed by atoms with Crippen molar-refractivity contribution in [2.24, 2.45) is 0 Å². The molecule has 5 nitrogen and oxygen atoms in total. The Labute approximate surface area is 134 Å². The van der Waals surface area contributed by atoms with E-state index in [1.54, 1.807) is 17.2 Å². The Kier molecular flexibility index (Phi) is 4.67. The van der Waals surface area contributed by atoms with Gasteiger partial charge in [-0.05, 0) is 32.0 Å². The summed E-state index contributed by atoms with van der Waals surface area (Å²) < 4.78 is 16.8. The first-order valence-electron chi connectivity index (χ1n) is 8.13. The average molecular weight is 316 g/mol. The third-order valence-corrected chi connectivity index (χ3v) is 4.20. The van der Waals surface area contributed by atoms with Crippen LogP contribution >= 0.6 is 0 Å². The summed E-state index contributed by atoms with van der Waals surface area (Å²) in [5, 5.41) is 1.78. The van der Waals surface area contributed by atoms with E-state index in [-0.39, 0.29) is 5.63 Å². The van der Waals surface area contributed by atoms with Crippen molar-refractivity contribution >= 4 is 21.9 Å². The van der Waals surface area contributed by atoms with Gasteiger partial charge in [0.05, 0.1) is 32.5 Å². The normalized spacial score (nSPS) is 11.6. The fourth-order valence-electron chi connectivity index (χ4n) is 2.84. The minimum absolute atomic E-state index is 0.388. The monoisotopic (exact) mass is 316 g/mol. The van der Waals surface area contributed by atoms with E-state index < -0.39 is 0 Å². The molecule has 0 aliphatic heterocycles. The maximum atomic E-state index is 11.6. The van der Waals surface area contributed by atoms with Crippen LogP contribution in [0.25, 0.3) is 21.9 Å². The quantitative estimate of drug-likeness (QED) is 0.536. The molecule has 2 aromatic heterocycles. The van der Waals surface area contributed by atoms with Crippen molar-refractivity contribution in [3.8, 4) is 5.75 Å². The molecule has 0 atom stereocenters. The van der Waals surface area contributed by atoms with Crippen LogP contribution in [0.1, 0.15) is 20.3 Å². The highest BCUT2D eigenvalue weighted by molar-refractivity contribution is 5.99. The van der Waals surface area contributed by atoms with Crippen LogP contribution in [-0.2, 0) is 0 Å². The lowest BCUT2D eigenvalue weighted by molar-refractivity contribution is -0.896. The standard InChI is InChI=1S/C18H21NO4/c1-3-19(4-2)9-5-10-21-18-16-14(8-11-22-16)12-13-6-7-15(20)23-17(13)18/h6-8,11-12H,3-5,9-10H2,1-2H3/p+1. The first kappa shape index (κ1) is 15.6. The smallest absolute Gasteiger partial charge is 0.336 e. The molecule has 0 amide bonds. The molecule has 0 aliphatic rings. The Bertz CT molecular complexity index is 845. The molecule has 23 heavy (non-hydrogen) atoms. The van der Waals surface area contributed by atoms with Crippen molar-refractivity contribution < 1.29 is 18.5 Å². The lowest BCUT2D eigenvalue weighted by Crippen LogP contribution is -3.11. The number of quaternary nitrogens is 1. The third kappa shape index (κ3) is 3.24. The number of rotatable bonds is 7. The van der Waals surface area contributed by atoms with E-state index in [0.29, 0.717) is 23.5 Å². The summed E-state index contributed by atoms with van der Waals surface area (Å²) in [6, 6.07) is 6.99. The first-order valence-corrected chi connectivity index (χ1v) is 8.13. The molecule has 5 heteroatoms. The van der Waals surface area contributed by atoms with Crippen LogP contribution < -0.4 is 15.3 Å². The second kappa shape index (κ2) is 6.87. The highest BCUT2D eigenvalue weighted by Crippen LogP contribution is 2.34. The fourth-order valence-corrected chi connectivity index (χ4v) is 2.84. The van der Waals surface area contributed by atoms with Gasteiger partial charge in [-0.25, -0.2) is 4.79 Å². The maximum absolute atomic E-state index is 11.6. The molecule has 1 aromatic carbocycles. The topological polar surface area (TPSA) is 57.0 Å². The second-order valence-corrected chi connectivity index (χ2v) is 5.63. The minimum Gasteiger partial charge on any atom is -0.486 e. The number of ether oxygens (including phenoxy) is 1. The number of furan rings is 1. The summed E-state index contributed by atoms with van der Waals surface area (Å²) in [4.78, 5) is 13.1. The number of hydrogen-bond donors (Lipinski definition) is 1. The zero-order chi connectivity index (χ0) is 16.2. The van der Waals surface area contributed by atoms with Crippen LogP contribution in [0.4, 0.5) is 0 Å². The predicted molar refractivity (Wildman–Crippen MR) is 89.3 cm³/mol. The number of benzene rings is 1. The first-order chi connectivity index (χ1) is 11.2. The molecule has 1 N–H and O–H groups in total. The summed E-state index contributed by atoms with van der Waals surface area (Å²) >= 11 is 0. The molecule has 3 rings (SSSR count). The molecular formula is C18H22NO4+. The minimum atomic E-state index is -0.388. The van der Waals surface area contributed by atoms with E-state index in [2.05, 4.69) is 13.8 Å². The summed E-state index contributed by atoms with van der Waals surface area (Å²) in [7, 11) is 0. The SMILES string of the molecule is CC[NH+](CC)CCCOc1c2occc2cc2ccc(=O)oc12. The van der Waals surface area contributed by atoms with E-state index >= 15 is 0 Å². The Morgan fingerprint density at radius 3 is 2.65 bits per heavy atom. The molecule has 0 saturated heterocycles. The van der Waals surface area contributed by atoms with Gasteiger partial charge in [0.15, 0.2) is 11.2 Å². The summed E-state index contributed by atoms with van der Waals surface area (Å²) in [5.41, 5.74) is 0.693. The van der Waals surface area contributed by atoms with E-state index in [9.17, 15) is 4.79 Å². The highest BCUT2D eigenvalue weighted by atomic mass is 16.5. The van der Waals surface area contributed by atoms with Crippen molar-refractivity contribution in [1.82, 2.24) is 0 Å². The zero-order valence-electron chi connectivity index (χ0n) is 13.6. The predicted octanol–water partition coefficient (Wildman–Crippen LogP) is 2.23. The lowest BCUT2D eigenvalue weighted by Gasteiger charge is -2.15. The Hall–Kier alpha value is -2.27. The van der Waals surface area contributed by atoms with Crippen molar-refractivity contribution in [1.29, 1.82) is 0 Å². The maximum Gasteiger partial charge on any atom is 0.336 e. The molecule has 0 aliphatic carbocycles. The Morgan fingerprint density at radius 2 is 1.87 bits per heavy atom. The molecule has 2 heterocycles. The van der Waals surface area contributed by atoms with Crippen molar-refractivity contribution in [3.63, 3.8) is 0 Å². The van der Waals surface area contributed by atoms with E-state index in [1.807, 2.05) is 12.1 Å². The average Bonchev–Trinajstić information content (AvgIpc) is 3.02. The van der Waals surface area contributed by atoms with Gasteiger partial charge in [-0.3, -0.25) is 0 Å². The molecular weight excluding hydrogens is 294 g/mol. The van der Waals surface area contributed by atoms with Gasteiger partial charge in [-0.1, -0.05) is 0 Å².